The Morgan fingerprint density at radius 1 is 0.340 bits per heavy atom. The average molecular weight is 643 g/mol. The SMILES string of the molecule is c1cc(-c2cccc(-c3nccc(-c4cccc(-c5ccc6oc7ncccc7c6c5)c4)n3)c2)cc(-c2ccc3oc4ncccc4c3c2)c1. The minimum Gasteiger partial charge on any atom is -0.438 e. The molecule has 10 rings (SSSR count). The number of pyridine rings is 2. The van der Waals surface area contributed by atoms with Crippen LogP contribution in [-0.4, -0.2) is 19.9 Å². The van der Waals surface area contributed by atoms with Crippen molar-refractivity contribution >= 4 is 44.1 Å². The topological polar surface area (TPSA) is 77.8 Å². The molecule has 234 valence electrons. The molecular formula is C44H26N4O2. The smallest absolute Gasteiger partial charge is 0.227 e. The Balaban J connectivity index is 0.968. The first-order valence-corrected chi connectivity index (χ1v) is 16.4. The van der Waals surface area contributed by atoms with Crippen molar-refractivity contribution in [2.75, 3.05) is 0 Å². The molecule has 50 heavy (non-hydrogen) atoms. The lowest BCUT2D eigenvalue weighted by atomic mass is 9.97. The van der Waals surface area contributed by atoms with Crippen molar-refractivity contribution in [1.82, 2.24) is 19.9 Å². The molecule has 0 spiro atoms. The maximum atomic E-state index is 5.95. The molecule has 0 saturated carbocycles. The number of hydrogen-bond acceptors (Lipinski definition) is 6. The van der Waals surface area contributed by atoms with Crippen LogP contribution in [0, 0.1) is 0 Å². The second-order valence-corrected chi connectivity index (χ2v) is 12.3. The van der Waals surface area contributed by atoms with E-state index < -0.39 is 0 Å². The maximum absolute atomic E-state index is 5.95. The van der Waals surface area contributed by atoms with Crippen LogP contribution in [0.2, 0.25) is 0 Å². The van der Waals surface area contributed by atoms with Crippen LogP contribution in [0.1, 0.15) is 0 Å². The van der Waals surface area contributed by atoms with Crippen molar-refractivity contribution < 1.29 is 8.83 Å². The normalized spacial score (nSPS) is 11.6. The molecule has 6 nitrogen and oxygen atoms in total. The second-order valence-electron chi connectivity index (χ2n) is 12.3. The highest BCUT2D eigenvalue weighted by Crippen LogP contribution is 2.35. The molecule has 6 heteroatoms. The van der Waals surface area contributed by atoms with Crippen LogP contribution in [0.25, 0.3) is 100 Å². The first-order chi connectivity index (χ1) is 24.7. The summed E-state index contributed by atoms with van der Waals surface area (Å²) < 4.78 is 11.9. The molecule has 0 unspecified atom stereocenters. The number of furan rings is 2. The predicted octanol–water partition coefficient (Wildman–Crippen LogP) is 11.4. The summed E-state index contributed by atoms with van der Waals surface area (Å²) in [6.07, 6.45) is 5.34. The summed E-state index contributed by atoms with van der Waals surface area (Å²) in [5.74, 6) is 0.676. The van der Waals surface area contributed by atoms with E-state index in [0.29, 0.717) is 17.3 Å². The van der Waals surface area contributed by atoms with Crippen LogP contribution in [0.4, 0.5) is 0 Å². The average Bonchev–Trinajstić information content (AvgIpc) is 3.76. The van der Waals surface area contributed by atoms with Gasteiger partial charge < -0.3 is 8.83 Å². The van der Waals surface area contributed by atoms with Crippen LogP contribution >= 0.6 is 0 Å². The zero-order valence-electron chi connectivity index (χ0n) is 26.6. The summed E-state index contributed by atoms with van der Waals surface area (Å²) in [5, 5.41) is 4.14. The van der Waals surface area contributed by atoms with Crippen molar-refractivity contribution in [3.05, 3.63) is 158 Å². The number of benzene rings is 5. The molecule has 0 atom stereocenters. The molecular weight excluding hydrogens is 617 g/mol. The lowest BCUT2D eigenvalue weighted by Gasteiger charge is -2.09. The summed E-state index contributed by atoms with van der Waals surface area (Å²) in [5.41, 5.74) is 12.5. The molecule has 0 aliphatic carbocycles. The predicted molar refractivity (Wildman–Crippen MR) is 199 cm³/mol. The fourth-order valence-corrected chi connectivity index (χ4v) is 6.81. The highest BCUT2D eigenvalue weighted by molar-refractivity contribution is 6.06. The number of hydrogen-bond donors (Lipinski definition) is 0. The first kappa shape index (κ1) is 28.1. The van der Waals surface area contributed by atoms with Crippen molar-refractivity contribution in [3.63, 3.8) is 0 Å². The van der Waals surface area contributed by atoms with E-state index in [1.54, 1.807) is 12.4 Å². The summed E-state index contributed by atoms with van der Waals surface area (Å²) in [7, 11) is 0. The Kier molecular flexibility index (Phi) is 6.39. The minimum atomic E-state index is 0.651. The van der Waals surface area contributed by atoms with Crippen LogP contribution in [-0.2, 0) is 0 Å². The summed E-state index contributed by atoms with van der Waals surface area (Å²) >= 11 is 0. The van der Waals surface area contributed by atoms with Crippen LogP contribution in [0.15, 0.2) is 167 Å². The molecule has 0 fully saturated rings. The quantitative estimate of drug-likeness (QED) is 0.186. The maximum Gasteiger partial charge on any atom is 0.227 e. The van der Waals surface area contributed by atoms with E-state index in [1.165, 1.54) is 0 Å². The molecule has 10 aromatic rings. The molecule has 0 aliphatic heterocycles. The Labute approximate surface area is 286 Å². The number of fused-ring (bicyclic) bond motifs is 6. The zero-order valence-corrected chi connectivity index (χ0v) is 26.6. The molecule has 0 aliphatic rings. The Morgan fingerprint density at radius 3 is 1.40 bits per heavy atom. The van der Waals surface area contributed by atoms with Gasteiger partial charge in [0.1, 0.15) is 11.2 Å². The Hall–Kier alpha value is -6.92. The molecule has 0 saturated heterocycles. The van der Waals surface area contributed by atoms with Crippen molar-refractivity contribution in [2.24, 2.45) is 0 Å². The Bertz CT molecular complexity index is 2710. The van der Waals surface area contributed by atoms with E-state index >= 15 is 0 Å². The van der Waals surface area contributed by atoms with Gasteiger partial charge in [0.2, 0.25) is 11.4 Å². The molecule has 0 radical (unpaired) electrons. The van der Waals surface area contributed by atoms with E-state index in [1.807, 2.05) is 42.6 Å². The third kappa shape index (κ3) is 4.81. The van der Waals surface area contributed by atoms with E-state index in [0.717, 1.165) is 82.9 Å². The molecule has 5 heterocycles. The first-order valence-electron chi connectivity index (χ1n) is 16.4. The third-order valence-electron chi connectivity index (χ3n) is 9.29. The summed E-state index contributed by atoms with van der Waals surface area (Å²) in [6.45, 7) is 0. The second kappa shape index (κ2) is 11.4. The van der Waals surface area contributed by atoms with Gasteiger partial charge in [-0.15, -0.1) is 0 Å². The monoisotopic (exact) mass is 642 g/mol. The fraction of sp³-hybridized carbons (Fsp3) is 0. The van der Waals surface area contributed by atoms with E-state index in [4.69, 9.17) is 13.8 Å². The van der Waals surface area contributed by atoms with Crippen LogP contribution in [0.5, 0.6) is 0 Å². The molecule has 0 bridgehead atoms. The van der Waals surface area contributed by atoms with Crippen molar-refractivity contribution in [3.8, 4) is 56.0 Å². The van der Waals surface area contributed by atoms with Crippen LogP contribution < -0.4 is 0 Å². The highest BCUT2D eigenvalue weighted by atomic mass is 16.3. The zero-order chi connectivity index (χ0) is 33.0. The van der Waals surface area contributed by atoms with Gasteiger partial charge in [-0.25, -0.2) is 19.9 Å². The Morgan fingerprint density at radius 2 is 0.820 bits per heavy atom. The number of rotatable bonds is 5. The van der Waals surface area contributed by atoms with Gasteiger partial charge in [0.25, 0.3) is 0 Å². The van der Waals surface area contributed by atoms with Gasteiger partial charge in [0, 0.05) is 51.3 Å². The van der Waals surface area contributed by atoms with Gasteiger partial charge in [-0.2, -0.15) is 0 Å². The molecule has 5 aromatic heterocycles. The molecule has 5 aromatic carbocycles. The van der Waals surface area contributed by atoms with Crippen molar-refractivity contribution in [2.45, 2.75) is 0 Å². The van der Waals surface area contributed by atoms with E-state index in [2.05, 4.69) is 118 Å². The lowest BCUT2D eigenvalue weighted by Crippen LogP contribution is -1.92. The highest BCUT2D eigenvalue weighted by Gasteiger charge is 2.13. The van der Waals surface area contributed by atoms with Gasteiger partial charge in [-0.3, -0.25) is 0 Å². The summed E-state index contributed by atoms with van der Waals surface area (Å²) in [6, 6.07) is 48.0. The summed E-state index contributed by atoms with van der Waals surface area (Å²) in [4.78, 5) is 18.5. The van der Waals surface area contributed by atoms with Gasteiger partial charge in [-0.05, 0) is 106 Å². The van der Waals surface area contributed by atoms with E-state index in [-0.39, 0.29) is 0 Å². The fourth-order valence-electron chi connectivity index (χ4n) is 6.81. The molecule has 0 amide bonds. The lowest BCUT2D eigenvalue weighted by molar-refractivity contribution is 0.653. The van der Waals surface area contributed by atoms with Crippen LogP contribution in [0.3, 0.4) is 0 Å². The van der Waals surface area contributed by atoms with Crippen molar-refractivity contribution in [1.29, 1.82) is 0 Å². The van der Waals surface area contributed by atoms with Gasteiger partial charge in [-0.1, -0.05) is 66.7 Å². The standard InChI is InChI=1S/C44H26N4O2/c1-6-27(22-28(7-1)31-14-16-40-37(25-31)35-12-4-19-46-43(35)49-40)30-9-3-11-34(24-30)42-45-21-18-39(48-42)33-10-2-8-29(23-33)32-15-17-41-38(26-32)36-13-5-20-47-44(36)50-41/h1-26H. The number of aromatic nitrogens is 4. The van der Waals surface area contributed by atoms with Gasteiger partial charge in [0.15, 0.2) is 5.82 Å². The van der Waals surface area contributed by atoms with Gasteiger partial charge >= 0.3 is 0 Å². The van der Waals surface area contributed by atoms with Gasteiger partial charge in [0.05, 0.1) is 5.69 Å². The van der Waals surface area contributed by atoms with E-state index in [9.17, 15) is 0 Å². The largest absolute Gasteiger partial charge is 0.438 e. The minimum absolute atomic E-state index is 0.651. The number of nitrogens with zero attached hydrogens (tertiary/aromatic N) is 4. The third-order valence-corrected chi connectivity index (χ3v) is 9.29. The molecule has 0 N–H and O–H groups in total.